The van der Waals surface area contributed by atoms with Crippen LogP contribution >= 0.6 is 0 Å². The number of carbonyl (C=O) groups excluding carboxylic acids is 1. The summed E-state index contributed by atoms with van der Waals surface area (Å²) in [4.78, 5) is 13.4. The zero-order chi connectivity index (χ0) is 15.7. The highest BCUT2D eigenvalue weighted by molar-refractivity contribution is 5.84. The van der Waals surface area contributed by atoms with Gasteiger partial charge >= 0.3 is 6.09 Å². The summed E-state index contributed by atoms with van der Waals surface area (Å²) in [7, 11) is 0. The van der Waals surface area contributed by atoms with Crippen molar-refractivity contribution < 1.29 is 19.7 Å². The third-order valence-corrected chi connectivity index (χ3v) is 4.47. The Hall–Kier alpha value is -1.59. The number of benzene rings is 1. The summed E-state index contributed by atoms with van der Waals surface area (Å²) in [5.74, 6) is 0. The summed E-state index contributed by atoms with van der Waals surface area (Å²) in [5, 5.41) is 5.26. The molecule has 4 N–H and O–H groups in total. The maximum absolute atomic E-state index is 11.7. The molecule has 5 heteroatoms. The lowest BCUT2D eigenvalue weighted by Crippen LogP contribution is -3.19. The predicted octanol–water partition coefficient (Wildman–Crippen LogP) is 0.136. The molecule has 2 bridgehead atoms. The van der Waals surface area contributed by atoms with Crippen molar-refractivity contribution in [1.29, 1.82) is 0 Å². The van der Waals surface area contributed by atoms with Crippen LogP contribution in [0.1, 0.15) is 32.8 Å². The van der Waals surface area contributed by atoms with Gasteiger partial charge in [-0.1, -0.05) is 12.1 Å². The van der Waals surface area contributed by atoms with Crippen LogP contribution < -0.4 is 15.5 Å². The molecule has 22 heavy (non-hydrogen) atoms. The van der Waals surface area contributed by atoms with Crippen molar-refractivity contribution in [3.8, 4) is 0 Å². The number of rotatable bonds is 3. The van der Waals surface area contributed by atoms with Gasteiger partial charge in [0.25, 0.3) is 0 Å². The minimum atomic E-state index is -0.473. The van der Waals surface area contributed by atoms with Crippen LogP contribution in [0.3, 0.4) is 0 Å². The van der Waals surface area contributed by atoms with Crippen LogP contribution in [-0.2, 0) is 11.3 Å². The summed E-state index contributed by atoms with van der Waals surface area (Å²) >= 11 is 0. The van der Waals surface area contributed by atoms with Crippen LogP contribution in [0.15, 0.2) is 24.3 Å². The lowest BCUT2D eigenvalue weighted by atomic mass is 10.1. The molecule has 1 aromatic rings. The number of hydrogen-bond donors (Lipinski definition) is 3. The fourth-order valence-corrected chi connectivity index (χ4v) is 3.52. The van der Waals surface area contributed by atoms with Gasteiger partial charge in [0, 0.05) is 11.3 Å². The number of nitrogens with one attached hydrogen (secondary N) is 2. The first-order valence-electron chi connectivity index (χ1n) is 8.16. The molecular weight excluding hydrogens is 278 g/mol. The van der Waals surface area contributed by atoms with Crippen molar-refractivity contribution in [3.05, 3.63) is 29.8 Å². The maximum atomic E-state index is 11.7. The second kappa shape index (κ2) is 5.89. The Morgan fingerprint density at radius 2 is 2.09 bits per heavy atom. The molecule has 1 amide bonds. The van der Waals surface area contributed by atoms with Gasteiger partial charge in [-0.05, 0) is 32.9 Å². The van der Waals surface area contributed by atoms with E-state index in [1.54, 1.807) is 4.90 Å². The van der Waals surface area contributed by atoms with E-state index in [0.717, 1.165) is 24.3 Å². The molecule has 120 valence electrons. The Labute approximate surface area is 132 Å². The number of likely N-dealkylation sites (tertiary alicyclic amines) is 1. The van der Waals surface area contributed by atoms with Crippen molar-refractivity contribution in [2.45, 2.75) is 51.4 Å². The van der Waals surface area contributed by atoms with Crippen molar-refractivity contribution in [2.24, 2.45) is 0 Å². The second-order valence-electron chi connectivity index (χ2n) is 7.53. The quantitative estimate of drug-likeness (QED) is 0.744. The van der Waals surface area contributed by atoms with Crippen LogP contribution in [0.25, 0.3) is 0 Å². The predicted molar refractivity (Wildman–Crippen MR) is 84.8 cm³/mol. The van der Waals surface area contributed by atoms with Crippen molar-refractivity contribution in [2.75, 3.05) is 18.4 Å². The summed E-state index contributed by atoms with van der Waals surface area (Å²) in [6, 6.07) is 9.79. The Balaban J connectivity index is 1.53. The van der Waals surface area contributed by atoms with E-state index in [-0.39, 0.29) is 0 Å². The number of carbonyl (C=O) groups is 1. The molecule has 2 aliphatic heterocycles. The number of hydrogen-bond acceptors (Lipinski definition) is 2. The monoisotopic (exact) mass is 305 g/mol. The largest absolute Gasteiger partial charge is 0.444 e. The molecule has 2 fully saturated rings. The van der Waals surface area contributed by atoms with Gasteiger partial charge in [0.2, 0.25) is 0 Å². The average molecular weight is 305 g/mol. The van der Waals surface area contributed by atoms with Crippen LogP contribution in [-0.4, -0.2) is 36.9 Å². The lowest BCUT2D eigenvalue weighted by Gasteiger charge is -2.22. The molecule has 0 spiro atoms. The van der Waals surface area contributed by atoms with Crippen LogP contribution in [0.5, 0.6) is 0 Å². The standard InChI is InChI=1S/C17H25N3O2/c1-17(2,3)22-16(21)19-13-6-4-12(5-7-13)10-20-11-14-8-15(20)9-18-14/h4-7,14-15,18H,8-11H2,1-3H3,(H,19,21)/p+2/t14-,15-/m1/s1. The van der Waals surface area contributed by atoms with E-state index in [2.05, 4.69) is 22.8 Å². The van der Waals surface area contributed by atoms with Gasteiger partial charge in [-0.2, -0.15) is 0 Å². The van der Waals surface area contributed by atoms with E-state index in [4.69, 9.17) is 4.74 Å². The minimum absolute atomic E-state index is 0.404. The smallest absolute Gasteiger partial charge is 0.412 e. The van der Waals surface area contributed by atoms with E-state index in [1.807, 2.05) is 32.9 Å². The van der Waals surface area contributed by atoms with Crippen molar-refractivity contribution >= 4 is 11.8 Å². The number of anilines is 1. The van der Waals surface area contributed by atoms with Crippen molar-refractivity contribution in [3.63, 3.8) is 0 Å². The average Bonchev–Trinajstić information content (AvgIpc) is 3.01. The molecule has 3 atom stereocenters. The number of ether oxygens (including phenoxy) is 1. The maximum Gasteiger partial charge on any atom is 0.412 e. The van der Waals surface area contributed by atoms with Gasteiger partial charge in [0.1, 0.15) is 37.3 Å². The third kappa shape index (κ3) is 3.78. The molecule has 0 aliphatic carbocycles. The first-order valence-corrected chi connectivity index (χ1v) is 8.16. The number of quaternary nitrogens is 2. The van der Waals surface area contributed by atoms with Gasteiger partial charge in [0.05, 0.1) is 6.42 Å². The third-order valence-electron chi connectivity index (χ3n) is 4.47. The summed E-state index contributed by atoms with van der Waals surface area (Å²) < 4.78 is 5.26. The van der Waals surface area contributed by atoms with E-state index >= 15 is 0 Å². The van der Waals surface area contributed by atoms with Crippen LogP contribution in [0, 0.1) is 0 Å². The number of amides is 1. The van der Waals surface area contributed by atoms with E-state index in [9.17, 15) is 4.79 Å². The highest BCUT2D eigenvalue weighted by Crippen LogP contribution is 2.13. The molecule has 1 unspecified atom stereocenters. The number of fused-ring (bicyclic) bond motifs is 2. The van der Waals surface area contributed by atoms with E-state index in [1.165, 1.54) is 25.1 Å². The molecule has 1 aromatic carbocycles. The van der Waals surface area contributed by atoms with Gasteiger partial charge < -0.3 is 15.0 Å². The molecule has 5 nitrogen and oxygen atoms in total. The van der Waals surface area contributed by atoms with E-state index in [0.29, 0.717) is 0 Å². The molecule has 3 rings (SSSR count). The summed E-state index contributed by atoms with van der Waals surface area (Å²) in [6.45, 7) is 9.22. The highest BCUT2D eigenvalue weighted by Gasteiger charge is 2.45. The zero-order valence-electron chi connectivity index (χ0n) is 13.7. The number of nitrogens with two attached hydrogens (primary N) is 1. The SMILES string of the molecule is CC(C)(C)OC(=O)Nc1ccc(C[NH+]2C[C@H]3C[C@@H]2C[NH2+]3)cc1. The van der Waals surface area contributed by atoms with Gasteiger partial charge in [-0.3, -0.25) is 5.32 Å². The normalized spacial score (nSPS) is 27.0. The highest BCUT2D eigenvalue weighted by atomic mass is 16.6. The summed E-state index contributed by atoms with van der Waals surface area (Å²) in [6.07, 6.45) is 0.964. The minimum Gasteiger partial charge on any atom is -0.444 e. The van der Waals surface area contributed by atoms with E-state index < -0.39 is 11.7 Å². The Morgan fingerprint density at radius 1 is 1.36 bits per heavy atom. The molecule has 0 radical (unpaired) electrons. The van der Waals surface area contributed by atoms with Crippen molar-refractivity contribution in [1.82, 2.24) is 0 Å². The Kier molecular flexibility index (Phi) is 4.10. The Morgan fingerprint density at radius 3 is 2.64 bits per heavy atom. The van der Waals surface area contributed by atoms with Crippen LogP contribution in [0.4, 0.5) is 10.5 Å². The van der Waals surface area contributed by atoms with Gasteiger partial charge in [-0.15, -0.1) is 0 Å². The Bertz CT molecular complexity index is 536. The van der Waals surface area contributed by atoms with Crippen LogP contribution in [0.2, 0.25) is 0 Å². The lowest BCUT2D eigenvalue weighted by molar-refractivity contribution is -0.963. The number of piperazine rings is 1. The summed E-state index contributed by atoms with van der Waals surface area (Å²) in [5.41, 5.74) is 1.64. The first-order chi connectivity index (χ1) is 10.4. The van der Waals surface area contributed by atoms with Gasteiger partial charge in [0.15, 0.2) is 0 Å². The molecule has 2 aliphatic rings. The first kappa shape index (κ1) is 15.3. The fraction of sp³-hybridized carbons (Fsp3) is 0.588. The molecule has 2 saturated heterocycles. The molecule has 2 heterocycles. The zero-order valence-corrected chi connectivity index (χ0v) is 13.7. The molecule has 0 saturated carbocycles. The fourth-order valence-electron chi connectivity index (χ4n) is 3.52. The molecule has 0 aromatic heterocycles. The van der Waals surface area contributed by atoms with Gasteiger partial charge in [-0.25, -0.2) is 4.79 Å². The second-order valence-corrected chi connectivity index (χ2v) is 7.53. The topological polar surface area (TPSA) is 59.4 Å². The molecular formula is C17H27N3O2+2.